The van der Waals surface area contributed by atoms with Crippen molar-refractivity contribution >= 4 is 23.6 Å². The maximum absolute atomic E-state index is 11.0. The Morgan fingerprint density at radius 1 is 1.62 bits per heavy atom. The van der Waals surface area contributed by atoms with Crippen molar-refractivity contribution in [2.24, 2.45) is 0 Å². The Labute approximate surface area is 98.5 Å². The fourth-order valence-corrected chi connectivity index (χ4v) is 1.21. The molecule has 0 bridgehead atoms. The Balaban J connectivity index is 2.62. The molecule has 1 heterocycles. The van der Waals surface area contributed by atoms with Gasteiger partial charge in [0, 0.05) is 0 Å². The van der Waals surface area contributed by atoms with Crippen LogP contribution in [0.15, 0.2) is 18.2 Å². The van der Waals surface area contributed by atoms with E-state index in [1.165, 1.54) is 18.2 Å². The molecule has 16 heavy (non-hydrogen) atoms. The van der Waals surface area contributed by atoms with Gasteiger partial charge in [0.25, 0.3) is 0 Å². The van der Waals surface area contributed by atoms with Crippen LogP contribution in [0.25, 0.3) is 6.08 Å². The van der Waals surface area contributed by atoms with Gasteiger partial charge in [0.15, 0.2) is 0 Å². The van der Waals surface area contributed by atoms with E-state index >= 15 is 0 Å². The zero-order chi connectivity index (χ0) is 12.0. The van der Waals surface area contributed by atoms with E-state index in [9.17, 15) is 9.90 Å². The van der Waals surface area contributed by atoms with Gasteiger partial charge < -0.3 is 9.84 Å². The molecule has 0 saturated heterocycles. The number of carbonyl (C=O) groups is 1. The summed E-state index contributed by atoms with van der Waals surface area (Å²) in [4.78, 5) is 14.9. The second-order valence-electron chi connectivity index (χ2n) is 2.95. The van der Waals surface area contributed by atoms with E-state index in [2.05, 4.69) is 4.98 Å². The lowest BCUT2D eigenvalue weighted by molar-refractivity contribution is -0.142. The van der Waals surface area contributed by atoms with Crippen molar-refractivity contribution < 1.29 is 14.6 Å². The van der Waals surface area contributed by atoms with E-state index in [0.717, 1.165) is 0 Å². The van der Waals surface area contributed by atoms with E-state index in [1.807, 2.05) is 0 Å². The summed E-state index contributed by atoms with van der Waals surface area (Å²) in [5.74, 6) is -0.301. The lowest BCUT2D eigenvalue weighted by Gasteiger charge is -1.99. The first-order valence-corrected chi connectivity index (χ1v) is 5.19. The first-order chi connectivity index (χ1) is 7.63. The Morgan fingerprint density at radius 2 is 2.38 bits per heavy atom. The molecule has 0 amide bonds. The number of esters is 1. The summed E-state index contributed by atoms with van der Waals surface area (Å²) in [6.07, 6.45) is 3.23. The van der Waals surface area contributed by atoms with E-state index in [1.54, 1.807) is 13.0 Å². The van der Waals surface area contributed by atoms with Gasteiger partial charge in [-0.1, -0.05) is 17.7 Å². The third-order valence-corrected chi connectivity index (χ3v) is 1.94. The highest BCUT2D eigenvalue weighted by Crippen LogP contribution is 2.18. The molecule has 0 aromatic carbocycles. The van der Waals surface area contributed by atoms with Gasteiger partial charge in [0.2, 0.25) is 0 Å². The molecule has 4 nitrogen and oxygen atoms in total. The highest BCUT2D eigenvalue weighted by Gasteiger charge is 2.01. The van der Waals surface area contributed by atoms with Crippen molar-refractivity contribution in [1.29, 1.82) is 0 Å². The summed E-state index contributed by atoms with van der Waals surface area (Å²) in [6.45, 7) is 2.10. The summed E-state index contributed by atoms with van der Waals surface area (Å²) in [5.41, 5.74) is 0.330. The molecule has 0 unspecified atom stereocenters. The number of halogens is 1. The van der Waals surface area contributed by atoms with Crippen LogP contribution >= 0.6 is 11.6 Å². The molecule has 1 aromatic heterocycles. The Bertz CT molecular complexity index is 404. The van der Waals surface area contributed by atoms with Crippen molar-refractivity contribution in [3.8, 4) is 5.75 Å². The zero-order valence-corrected chi connectivity index (χ0v) is 9.57. The van der Waals surface area contributed by atoms with E-state index < -0.39 is 0 Å². The van der Waals surface area contributed by atoms with E-state index in [4.69, 9.17) is 16.3 Å². The number of aromatic nitrogens is 1. The minimum absolute atomic E-state index is 0.0181. The number of aromatic hydroxyl groups is 1. The highest BCUT2D eigenvalue weighted by molar-refractivity contribution is 6.29. The highest BCUT2D eigenvalue weighted by atomic mass is 35.5. The largest absolute Gasteiger partial charge is 0.506 e. The fraction of sp³-hybridized carbons (Fsp3) is 0.273. The topological polar surface area (TPSA) is 59.4 Å². The summed E-state index contributed by atoms with van der Waals surface area (Å²) in [7, 11) is 0. The summed E-state index contributed by atoms with van der Waals surface area (Å²) in [5, 5.41) is 9.70. The Kier molecular flexibility index (Phi) is 4.79. The van der Waals surface area contributed by atoms with Crippen LogP contribution in [0.4, 0.5) is 0 Å². The van der Waals surface area contributed by atoms with Gasteiger partial charge in [-0.2, -0.15) is 0 Å². The van der Waals surface area contributed by atoms with Crippen LogP contribution in [0, 0.1) is 0 Å². The number of carbonyl (C=O) groups excluding carboxylic acids is 1. The van der Waals surface area contributed by atoms with Gasteiger partial charge in [-0.3, -0.25) is 4.79 Å². The molecule has 0 fully saturated rings. The molecule has 1 N–H and O–H groups in total. The number of hydrogen-bond donors (Lipinski definition) is 1. The predicted octanol–water partition coefficient (Wildman–Crippen LogP) is 2.41. The average Bonchev–Trinajstić information content (AvgIpc) is 2.23. The van der Waals surface area contributed by atoms with Crippen LogP contribution < -0.4 is 0 Å². The van der Waals surface area contributed by atoms with Gasteiger partial charge in [0.05, 0.1) is 13.0 Å². The second-order valence-corrected chi connectivity index (χ2v) is 3.34. The molecule has 5 heteroatoms. The number of ether oxygens (including phenoxy) is 1. The SMILES string of the molecule is CCOC(=O)CC=Cc1nc(Cl)ccc1O. The smallest absolute Gasteiger partial charge is 0.309 e. The Hall–Kier alpha value is -1.55. The van der Waals surface area contributed by atoms with E-state index in [0.29, 0.717) is 12.3 Å². The lowest BCUT2D eigenvalue weighted by Crippen LogP contribution is -2.01. The standard InChI is InChI=1S/C11H12ClNO3/c1-2-16-11(15)5-3-4-8-9(14)6-7-10(12)13-8/h3-4,6-7,14H,2,5H2,1H3. The minimum Gasteiger partial charge on any atom is -0.506 e. The second kappa shape index (κ2) is 6.12. The van der Waals surface area contributed by atoms with Crippen molar-refractivity contribution in [3.05, 3.63) is 29.1 Å². The van der Waals surface area contributed by atoms with Crippen LogP contribution in [-0.4, -0.2) is 22.7 Å². The van der Waals surface area contributed by atoms with Crippen molar-refractivity contribution in [1.82, 2.24) is 4.98 Å². The molecule has 0 radical (unpaired) electrons. The first kappa shape index (κ1) is 12.5. The number of pyridine rings is 1. The maximum atomic E-state index is 11.0. The first-order valence-electron chi connectivity index (χ1n) is 4.81. The molecule has 0 aliphatic heterocycles. The van der Waals surface area contributed by atoms with Crippen molar-refractivity contribution in [2.45, 2.75) is 13.3 Å². The van der Waals surface area contributed by atoms with E-state index in [-0.39, 0.29) is 23.3 Å². The maximum Gasteiger partial charge on any atom is 0.309 e. The van der Waals surface area contributed by atoms with Crippen LogP contribution in [0.5, 0.6) is 5.75 Å². The van der Waals surface area contributed by atoms with Crippen LogP contribution in [-0.2, 0) is 9.53 Å². The molecule has 0 aliphatic rings. The molecule has 1 aromatic rings. The molecule has 1 rings (SSSR count). The van der Waals surface area contributed by atoms with Crippen LogP contribution in [0.2, 0.25) is 5.15 Å². The lowest BCUT2D eigenvalue weighted by atomic mass is 10.3. The van der Waals surface area contributed by atoms with Gasteiger partial charge in [-0.15, -0.1) is 0 Å². The quantitative estimate of drug-likeness (QED) is 0.650. The third-order valence-electron chi connectivity index (χ3n) is 1.73. The normalized spacial score (nSPS) is 10.6. The number of rotatable bonds is 4. The van der Waals surface area contributed by atoms with Crippen molar-refractivity contribution in [2.75, 3.05) is 6.61 Å². The minimum atomic E-state index is -0.319. The van der Waals surface area contributed by atoms with Gasteiger partial charge in [-0.25, -0.2) is 4.98 Å². The summed E-state index contributed by atoms with van der Waals surface area (Å²) < 4.78 is 4.73. The molecule has 0 saturated carbocycles. The molecule has 86 valence electrons. The molecule has 0 atom stereocenters. The number of nitrogens with zero attached hydrogens (tertiary/aromatic N) is 1. The van der Waals surface area contributed by atoms with Gasteiger partial charge in [-0.05, 0) is 25.1 Å². The summed E-state index contributed by atoms with van der Waals surface area (Å²) >= 11 is 5.66. The van der Waals surface area contributed by atoms with Crippen molar-refractivity contribution in [3.63, 3.8) is 0 Å². The number of hydrogen-bond acceptors (Lipinski definition) is 4. The molecule has 0 aliphatic carbocycles. The van der Waals surface area contributed by atoms with Crippen LogP contribution in [0.1, 0.15) is 19.0 Å². The molecular weight excluding hydrogens is 230 g/mol. The van der Waals surface area contributed by atoms with Gasteiger partial charge in [0.1, 0.15) is 16.6 Å². The van der Waals surface area contributed by atoms with Crippen LogP contribution in [0.3, 0.4) is 0 Å². The third kappa shape index (κ3) is 3.90. The monoisotopic (exact) mass is 241 g/mol. The molecular formula is C11H12ClNO3. The fourth-order valence-electron chi connectivity index (χ4n) is 1.05. The Morgan fingerprint density at radius 3 is 3.06 bits per heavy atom. The average molecular weight is 242 g/mol. The zero-order valence-electron chi connectivity index (χ0n) is 8.81. The predicted molar refractivity (Wildman–Crippen MR) is 61.2 cm³/mol. The molecule has 0 spiro atoms. The van der Waals surface area contributed by atoms with Gasteiger partial charge >= 0.3 is 5.97 Å². The summed E-state index contributed by atoms with van der Waals surface area (Å²) in [6, 6.07) is 2.93.